The molecule has 6 heteroatoms. The van der Waals surface area contributed by atoms with Gasteiger partial charge in [0.1, 0.15) is 0 Å². The summed E-state index contributed by atoms with van der Waals surface area (Å²) in [6, 6.07) is 12.9. The van der Waals surface area contributed by atoms with E-state index < -0.39 is 0 Å². The molecular weight excluding hydrogens is 328 g/mol. The largest absolute Gasteiger partial charge is 0.343 e. The SMILES string of the molecule is Cc1cccc(C)c1NC(=O)CNC(=O)c1ccc(-n2ccnc2)cc1. The second-order valence-electron chi connectivity index (χ2n) is 6.01. The highest BCUT2D eigenvalue weighted by Crippen LogP contribution is 2.19. The van der Waals surface area contributed by atoms with E-state index in [-0.39, 0.29) is 18.4 Å². The number of nitrogens with zero attached hydrogens (tertiary/aromatic N) is 2. The number of aryl methyl sites for hydroxylation is 2. The minimum atomic E-state index is -0.293. The molecular formula is C20H20N4O2. The van der Waals surface area contributed by atoms with Gasteiger partial charge in [0.15, 0.2) is 0 Å². The number of anilines is 1. The summed E-state index contributed by atoms with van der Waals surface area (Å²) in [7, 11) is 0. The molecule has 0 bridgehead atoms. The second kappa shape index (κ2) is 7.65. The van der Waals surface area contributed by atoms with Crippen LogP contribution in [0.15, 0.2) is 61.2 Å². The highest BCUT2D eigenvalue weighted by molar-refractivity contribution is 5.99. The van der Waals surface area contributed by atoms with Crippen molar-refractivity contribution < 1.29 is 9.59 Å². The fourth-order valence-corrected chi connectivity index (χ4v) is 2.65. The van der Waals surface area contributed by atoms with Gasteiger partial charge in [0.2, 0.25) is 5.91 Å². The van der Waals surface area contributed by atoms with E-state index in [0.29, 0.717) is 5.56 Å². The number of hydrogen-bond donors (Lipinski definition) is 2. The van der Waals surface area contributed by atoms with Crippen molar-refractivity contribution in [3.05, 3.63) is 77.9 Å². The molecule has 0 saturated heterocycles. The Kier molecular flexibility index (Phi) is 5.12. The van der Waals surface area contributed by atoms with Gasteiger partial charge in [0, 0.05) is 29.3 Å². The molecule has 1 heterocycles. The predicted molar refractivity (Wildman–Crippen MR) is 100 cm³/mol. The Morgan fingerprint density at radius 2 is 1.73 bits per heavy atom. The van der Waals surface area contributed by atoms with Crippen LogP contribution in [0.3, 0.4) is 0 Å². The number of carbonyl (C=O) groups excluding carboxylic acids is 2. The van der Waals surface area contributed by atoms with Gasteiger partial charge in [-0.15, -0.1) is 0 Å². The van der Waals surface area contributed by atoms with Gasteiger partial charge >= 0.3 is 0 Å². The molecule has 0 spiro atoms. The lowest BCUT2D eigenvalue weighted by molar-refractivity contribution is -0.115. The van der Waals surface area contributed by atoms with Gasteiger partial charge in [-0.2, -0.15) is 0 Å². The quantitative estimate of drug-likeness (QED) is 0.744. The first-order chi connectivity index (χ1) is 12.5. The minimum absolute atomic E-state index is 0.0874. The van der Waals surface area contributed by atoms with Crippen molar-refractivity contribution in [3.8, 4) is 5.69 Å². The molecule has 0 aliphatic heterocycles. The number of amides is 2. The van der Waals surface area contributed by atoms with Crippen molar-refractivity contribution in [1.29, 1.82) is 0 Å². The van der Waals surface area contributed by atoms with Gasteiger partial charge in [-0.3, -0.25) is 9.59 Å². The van der Waals surface area contributed by atoms with Crippen molar-refractivity contribution in [2.24, 2.45) is 0 Å². The molecule has 0 unspecified atom stereocenters. The first kappa shape index (κ1) is 17.4. The number of imidazole rings is 1. The standard InChI is InChI=1S/C20H20N4O2/c1-14-4-3-5-15(2)19(14)23-18(25)12-22-20(26)16-6-8-17(9-7-16)24-11-10-21-13-24/h3-11,13H,12H2,1-2H3,(H,22,26)(H,23,25). The summed E-state index contributed by atoms with van der Waals surface area (Å²) in [5, 5.41) is 5.49. The number of nitrogens with one attached hydrogen (secondary N) is 2. The van der Waals surface area contributed by atoms with Crippen molar-refractivity contribution in [1.82, 2.24) is 14.9 Å². The Morgan fingerprint density at radius 3 is 2.35 bits per heavy atom. The van der Waals surface area contributed by atoms with E-state index in [4.69, 9.17) is 0 Å². The van der Waals surface area contributed by atoms with Gasteiger partial charge in [-0.25, -0.2) is 4.98 Å². The van der Waals surface area contributed by atoms with E-state index in [0.717, 1.165) is 22.5 Å². The van der Waals surface area contributed by atoms with Crippen LogP contribution in [0.2, 0.25) is 0 Å². The monoisotopic (exact) mass is 348 g/mol. The molecule has 0 aliphatic carbocycles. The van der Waals surface area contributed by atoms with Crippen molar-refractivity contribution >= 4 is 17.5 Å². The van der Waals surface area contributed by atoms with E-state index in [1.165, 1.54) is 0 Å². The highest BCUT2D eigenvalue weighted by Gasteiger charge is 2.10. The summed E-state index contributed by atoms with van der Waals surface area (Å²) in [6.45, 7) is 3.78. The maximum absolute atomic E-state index is 12.2. The number of rotatable bonds is 5. The minimum Gasteiger partial charge on any atom is -0.343 e. The fourth-order valence-electron chi connectivity index (χ4n) is 2.65. The summed E-state index contributed by atoms with van der Waals surface area (Å²) < 4.78 is 1.85. The molecule has 0 fully saturated rings. The molecule has 2 amide bonds. The molecule has 26 heavy (non-hydrogen) atoms. The van der Waals surface area contributed by atoms with E-state index in [2.05, 4.69) is 15.6 Å². The van der Waals surface area contributed by atoms with Gasteiger partial charge in [-0.05, 0) is 49.2 Å². The average Bonchev–Trinajstić information content (AvgIpc) is 3.18. The number of carbonyl (C=O) groups is 2. The number of hydrogen-bond acceptors (Lipinski definition) is 3. The van der Waals surface area contributed by atoms with Crippen LogP contribution in [0.25, 0.3) is 5.69 Å². The predicted octanol–water partition coefficient (Wildman–Crippen LogP) is 2.86. The van der Waals surface area contributed by atoms with Crippen molar-refractivity contribution in [3.63, 3.8) is 0 Å². The van der Waals surface area contributed by atoms with Crippen LogP contribution in [-0.2, 0) is 4.79 Å². The second-order valence-corrected chi connectivity index (χ2v) is 6.01. The summed E-state index contributed by atoms with van der Waals surface area (Å²) in [5.41, 5.74) is 4.16. The normalized spacial score (nSPS) is 10.4. The van der Waals surface area contributed by atoms with E-state index in [1.54, 1.807) is 24.7 Å². The molecule has 0 atom stereocenters. The van der Waals surface area contributed by atoms with Crippen LogP contribution >= 0.6 is 0 Å². The Labute approximate surface area is 151 Å². The van der Waals surface area contributed by atoms with Crippen LogP contribution in [0, 0.1) is 13.8 Å². The van der Waals surface area contributed by atoms with Crippen molar-refractivity contribution in [2.75, 3.05) is 11.9 Å². The Balaban J connectivity index is 1.57. The smallest absolute Gasteiger partial charge is 0.251 e. The van der Waals surface area contributed by atoms with E-state index >= 15 is 0 Å². The first-order valence-corrected chi connectivity index (χ1v) is 8.27. The van der Waals surface area contributed by atoms with Crippen molar-refractivity contribution in [2.45, 2.75) is 13.8 Å². The molecule has 6 nitrogen and oxygen atoms in total. The lowest BCUT2D eigenvalue weighted by Gasteiger charge is -2.12. The summed E-state index contributed by atoms with van der Waals surface area (Å²) in [5.74, 6) is -0.551. The zero-order valence-corrected chi connectivity index (χ0v) is 14.7. The van der Waals surface area contributed by atoms with Crippen LogP contribution < -0.4 is 10.6 Å². The van der Waals surface area contributed by atoms with E-state index in [9.17, 15) is 9.59 Å². The molecule has 3 rings (SSSR count). The Morgan fingerprint density at radius 1 is 1.04 bits per heavy atom. The molecule has 0 saturated carbocycles. The molecule has 0 radical (unpaired) electrons. The maximum Gasteiger partial charge on any atom is 0.251 e. The lowest BCUT2D eigenvalue weighted by atomic mass is 10.1. The highest BCUT2D eigenvalue weighted by atomic mass is 16.2. The zero-order chi connectivity index (χ0) is 18.5. The topological polar surface area (TPSA) is 76.0 Å². The maximum atomic E-state index is 12.2. The molecule has 0 aliphatic rings. The molecule has 132 valence electrons. The average molecular weight is 348 g/mol. The zero-order valence-electron chi connectivity index (χ0n) is 14.7. The number of aromatic nitrogens is 2. The molecule has 2 aromatic carbocycles. The van der Waals surface area contributed by atoms with Crippen LogP contribution in [-0.4, -0.2) is 27.9 Å². The van der Waals surface area contributed by atoms with Crippen LogP contribution in [0.1, 0.15) is 21.5 Å². The third-order valence-corrected chi connectivity index (χ3v) is 4.09. The third-order valence-electron chi connectivity index (χ3n) is 4.09. The van der Waals surface area contributed by atoms with Crippen LogP contribution in [0.4, 0.5) is 5.69 Å². The van der Waals surface area contributed by atoms with E-state index in [1.807, 2.05) is 54.9 Å². The molecule has 2 N–H and O–H groups in total. The number of benzene rings is 2. The third kappa shape index (κ3) is 3.97. The van der Waals surface area contributed by atoms with Crippen LogP contribution in [0.5, 0.6) is 0 Å². The summed E-state index contributed by atoms with van der Waals surface area (Å²) >= 11 is 0. The molecule has 1 aromatic heterocycles. The Bertz CT molecular complexity index is 895. The lowest BCUT2D eigenvalue weighted by Crippen LogP contribution is -2.33. The van der Waals surface area contributed by atoms with Gasteiger partial charge < -0.3 is 15.2 Å². The fraction of sp³-hybridized carbons (Fsp3) is 0.150. The number of para-hydroxylation sites is 1. The Hall–Kier alpha value is -3.41. The van der Waals surface area contributed by atoms with Gasteiger partial charge in [-0.1, -0.05) is 18.2 Å². The first-order valence-electron chi connectivity index (χ1n) is 8.27. The van der Waals surface area contributed by atoms with Gasteiger partial charge in [0.25, 0.3) is 5.91 Å². The molecule has 3 aromatic rings. The summed E-state index contributed by atoms with van der Waals surface area (Å²) in [4.78, 5) is 28.3. The summed E-state index contributed by atoms with van der Waals surface area (Å²) in [6.07, 6.45) is 5.20. The van der Waals surface area contributed by atoms with Gasteiger partial charge in [0.05, 0.1) is 12.9 Å².